The second kappa shape index (κ2) is 26.6. The summed E-state index contributed by atoms with van der Waals surface area (Å²) in [4.78, 5) is 30.0. The maximum Gasteiger partial charge on any atom is 0.303 e. The van der Waals surface area contributed by atoms with Crippen LogP contribution in [-0.4, -0.2) is 41.1 Å². The maximum absolute atomic E-state index is 11.2. The Kier molecular flexibility index (Phi) is 29.7. The van der Waals surface area contributed by atoms with Crippen molar-refractivity contribution in [2.24, 2.45) is 5.73 Å². The molecule has 0 aromatic rings. The van der Waals surface area contributed by atoms with Crippen LogP contribution in [0.1, 0.15) is 97.8 Å². The van der Waals surface area contributed by atoms with Crippen LogP contribution in [0.2, 0.25) is 0 Å². The largest absolute Gasteiger partial charge is 0.481 e. The molecule has 7 nitrogen and oxygen atoms in total. The third kappa shape index (κ3) is 40.4. The minimum Gasteiger partial charge on any atom is -0.481 e. The van der Waals surface area contributed by atoms with Crippen molar-refractivity contribution < 1.29 is 24.6 Å². The molecule has 7 heteroatoms. The van der Waals surface area contributed by atoms with Crippen molar-refractivity contribution in [3.8, 4) is 0 Å². The topological polar surface area (TPSA) is 130 Å². The Morgan fingerprint density at radius 3 is 1.44 bits per heavy atom. The van der Waals surface area contributed by atoms with E-state index < -0.39 is 11.9 Å². The first-order valence-corrected chi connectivity index (χ1v) is 10.3. The SMILES string of the molecule is CCC(=O)O.CCC(=O)O.CCCCCCCCCCCC(=O)NCCN. The van der Waals surface area contributed by atoms with E-state index in [1.165, 1.54) is 51.4 Å². The van der Waals surface area contributed by atoms with Crippen LogP contribution in [0.15, 0.2) is 0 Å². The second-order valence-corrected chi connectivity index (χ2v) is 6.21. The zero-order chi connectivity index (χ0) is 21.3. The van der Waals surface area contributed by atoms with Crippen molar-refractivity contribution in [1.29, 1.82) is 0 Å². The monoisotopic (exact) mass is 390 g/mol. The fraction of sp³-hybridized carbons (Fsp3) is 0.850. The molecule has 0 aliphatic rings. The first kappa shape index (κ1) is 30.1. The standard InChI is InChI=1S/C14H30N2O.2C3H6O2/c1-2-3-4-5-6-7-8-9-10-11-14(17)16-13-12-15;2*1-2-3(4)5/h2-13,15H2,1H3,(H,16,17);2*2H2,1H3,(H,4,5). The van der Waals surface area contributed by atoms with Gasteiger partial charge in [0.15, 0.2) is 0 Å². The molecule has 0 aliphatic heterocycles. The van der Waals surface area contributed by atoms with E-state index in [0.717, 1.165) is 6.42 Å². The number of aliphatic carboxylic acids is 2. The number of carboxylic acid groups (broad SMARTS) is 2. The zero-order valence-electron chi connectivity index (χ0n) is 17.6. The Morgan fingerprint density at radius 1 is 0.741 bits per heavy atom. The Labute approximate surface area is 165 Å². The van der Waals surface area contributed by atoms with Crippen molar-refractivity contribution in [1.82, 2.24) is 5.32 Å². The van der Waals surface area contributed by atoms with Crippen molar-refractivity contribution in [3.63, 3.8) is 0 Å². The summed E-state index contributed by atoms with van der Waals surface area (Å²) in [5.74, 6) is -1.34. The highest BCUT2D eigenvalue weighted by atomic mass is 16.4. The van der Waals surface area contributed by atoms with Crippen molar-refractivity contribution in [2.75, 3.05) is 13.1 Å². The zero-order valence-corrected chi connectivity index (χ0v) is 17.6. The van der Waals surface area contributed by atoms with Crippen molar-refractivity contribution in [3.05, 3.63) is 0 Å². The number of carbonyl (C=O) groups excluding carboxylic acids is 1. The Morgan fingerprint density at radius 2 is 1.11 bits per heavy atom. The molecule has 0 aliphatic carbocycles. The molecule has 5 N–H and O–H groups in total. The maximum atomic E-state index is 11.2. The lowest BCUT2D eigenvalue weighted by atomic mass is 10.1. The predicted octanol–water partition coefficient (Wildman–Crippen LogP) is 3.94. The number of carboxylic acids is 2. The molecule has 0 bridgehead atoms. The van der Waals surface area contributed by atoms with E-state index >= 15 is 0 Å². The summed E-state index contributed by atoms with van der Waals surface area (Å²) in [7, 11) is 0. The average Bonchev–Trinajstić information content (AvgIpc) is 2.65. The minimum atomic E-state index is -0.745. The van der Waals surface area contributed by atoms with Crippen LogP contribution >= 0.6 is 0 Å². The van der Waals surface area contributed by atoms with E-state index in [-0.39, 0.29) is 18.7 Å². The van der Waals surface area contributed by atoms with Gasteiger partial charge in [-0.3, -0.25) is 14.4 Å². The molecule has 0 fully saturated rings. The molecular weight excluding hydrogens is 348 g/mol. The summed E-state index contributed by atoms with van der Waals surface area (Å²) in [5.41, 5.74) is 5.31. The molecule has 0 aromatic carbocycles. The van der Waals surface area contributed by atoms with Gasteiger partial charge in [0.1, 0.15) is 0 Å². The summed E-state index contributed by atoms with van der Waals surface area (Å²) in [5, 5.41) is 18.2. The van der Waals surface area contributed by atoms with Gasteiger partial charge in [-0.2, -0.15) is 0 Å². The average molecular weight is 391 g/mol. The summed E-state index contributed by atoms with van der Waals surface area (Å²) >= 11 is 0. The van der Waals surface area contributed by atoms with Gasteiger partial charge >= 0.3 is 11.9 Å². The van der Waals surface area contributed by atoms with E-state index in [0.29, 0.717) is 19.5 Å². The van der Waals surface area contributed by atoms with Crippen molar-refractivity contribution >= 4 is 17.8 Å². The van der Waals surface area contributed by atoms with Gasteiger partial charge in [-0.25, -0.2) is 0 Å². The first-order valence-electron chi connectivity index (χ1n) is 10.3. The summed E-state index contributed by atoms with van der Waals surface area (Å²) in [6.07, 6.45) is 12.7. The van der Waals surface area contributed by atoms with E-state index in [4.69, 9.17) is 15.9 Å². The van der Waals surface area contributed by atoms with Gasteiger partial charge in [-0.15, -0.1) is 0 Å². The van der Waals surface area contributed by atoms with E-state index in [9.17, 15) is 14.4 Å². The number of carbonyl (C=O) groups is 3. The Hall–Kier alpha value is -1.63. The van der Waals surface area contributed by atoms with Gasteiger partial charge in [-0.05, 0) is 6.42 Å². The summed E-state index contributed by atoms with van der Waals surface area (Å²) in [6, 6.07) is 0. The van der Waals surface area contributed by atoms with Gasteiger partial charge in [-0.1, -0.05) is 72.1 Å². The molecule has 0 radical (unpaired) electrons. The van der Waals surface area contributed by atoms with Gasteiger partial charge < -0.3 is 21.3 Å². The van der Waals surface area contributed by atoms with Gasteiger partial charge in [0, 0.05) is 32.4 Å². The van der Waals surface area contributed by atoms with Gasteiger partial charge in [0.2, 0.25) is 5.91 Å². The molecule has 0 saturated heterocycles. The number of rotatable bonds is 14. The van der Waals surface area contributed by atoms with Crippen molar-refractivity contribution in [2.45, 2.75) is 97.8 Å². The summed E-state index contributed by atoms with van der Waals surface area (Å²) in [6.45, 7) is 6.58. The fourth-order valence-electron chi connectivity index (χ4n) is 1.90. The molecule has 0 heterocycles. The predicted molar refractivity (Wildman–Crippen MR) is 110 cm³/mol. The van der Waals surface area contributed by atoms with E-state index in [2.05, 4.69) is 12.2 Å². The molecule has 0 aromatic heterocycles. The number of hydrogen-bond donors (Lipinski definition) is 4. The van der Waals surface area contributed by atoms with Crippen LogP contribution in [0.5, 0.6) is 0 Å². The second-order valence-electron chi connectivity index (χ2n) is 6.21. The molecule has 27 heavy (non-hydrogen) atoms. The van der Waals surface area contributed by atoms with Crippen LogP contribution in [0.4, 0.5) is 0 Å². The van der Waals surface area contributed by atoms with Crippen LogP contribution in [-0.2, 0) is 14.4 Å². The number of amides is 1. The summed E-state index contributed by atoms with van der Waals surface area (Å²) < 4.78 is 0. The Bertz CT molecular complexity index is 335. The quantitative estimate of drug-likeness (QED) is 0.332. The lowest BCUT2D eigenvalue weighted by molar-refractivity contribution is -0.137. The number of nitrogens with two attached hydrogens (primary N) is 1. The van der Waals surface area contributed by atoms with Crippen LogP contribution in [0.3, 0.4) is 0 Å². The third-order valence-electron chi connectivity index (χ3n) is 3.58. The highest BCUT2D eigenvalue weighted by Crippen LogP contribution is 2.10. The number of nitrogens with one attached hydrogen (secondary N) is 1. The highest BCUT2D eigenvalue weighted by molar-refractivity contribution is 5.75. The fourth-order valence-corrected chi connectivity index (χ4v) is 1.90. The molecule has 0 saturated carbocycles. The molecule has 0 spiro atoms. The molecular formula is C20H42N2O5. The molecule has 1 amide bonds. The van der Waals surface area contributed by atoms with Crippen LogP contribution < -0.4 is 11.1 Å². The molecule has 0 unspecified atom stereocenters. The van der Waals surface area contributed by atoms with Gasteiger partial charge in [0.25, 0.3) is 0 Å². The lowest BCUT2D eigenvalue weighted by Crippen LogP contribution is -2.28. The normalized spacial score (nSPS) is 9.33. The van der Waals surface area contributed by atoms with E-state index in [1.54, 1.807) is 13.8 Å². The van der Waals surface area contributed by atoms with Gasteiger partial charge in [0.05, 0.1) is 0 Å². The molecule has 0 rings (SSSR count). The third-order valence-corrected chi connectivity index (χ3v) is 3.58. The lowest BCUT2D eigenvalue weighted by Gasteiger charge is -2.03. The number of hydrogen-bond acceptors (Lipinski definition) is 4. The Balaban J connectivity index is -0.000000471. The number of unbranched alkanes of at least 4 members (excludes halogenated alkanes) is 8. The van der Waals surface area contributed by atoms with Crippen LogP contribution in [0, 0.1) is 0 Å². The first-order chi connectivity index (χ1) is 12.8. The minimum absolute atomic E-state index is 0.151. The molecule has 162 valence electrons. The van der Waals surface area contributed by atoms with Crippen LogP contribution in [0.25, 0.3) is 0 Å². The van der Waals surface area contributed by atoms with E-state index in [1.807, 2.05) is 0 Å². The highest BCUT2D eigenvalue weighted by Gasteiger charge is 1.99. The smallest absolute Gasteiger partial charge is 0.303 e. The molecule has 0 atom stereocenters.